The van der Waals surface area contributed by atoms with E-state index in [1.807, 2.05) is 0 Å². The van der Waals surface area contributed by atoms with Crippen molar-refractivity contribution in [2.24, 2.45) is 0 Å². The quantitative estimate of drug-likeness (QED) is 0.418. The molecule has 1 aromatic heterocycles. The minimum absolute atomic E-state index is 0.0113. The molecule has 11 heteroatoms. The van der Waals surface area contributed by atoms with Crippen LogP contribution in [0.5, 0.6) is 5.06 Å². The summed E-state index contributed by atoms with van der Waals surface area (Å²) in [5.74, 6) is -1.08. The Morgan fingerprint density at radius 2 is 1.50 bits per heavy atom. The highest BCUT2D eigenvalue weighted by Crippen LogP contribution is 2.39. The fourth-order valence-corrected chi connectivity index (χ4v) is 3.71. The Morgan fingerprint density at radius 3 is 2.00 bits per heavy atom. The second kappa shape index (κ2) is 7.31. The van der Waals surface area contributed by atoms with Crippen LogP contribution in [0, 0.1) is 0 Å². The molecule has 3 rings (SSSR count). The van der Waals surface area contributed by atoms with Crippen molar-refractivity contribution in [3.63, 3.8) is 0 Å². The molecule has 0 saturated carbocycles. The molecule has 30 heavy (non-hydrogen) atoms. The number of hydrogen-bond donors (Lipinski definition) is 1. The molecule has 0 radical (unpaired) electrons. The molecule has 0 aliphatic heterocycles. The normalized spacial score (nSPS) is 12.2. The first-order valence-electron chi connectivity index (χ1n) is 8.01. The summed E-state index contributed by atoms with van der Waals surface area (Å²) in [6.07, 6.45) is -10.0. The summed E-state index contributed by atoms with van der Waals surface area (Å²) < 4.78 is 83.0. The average Bonchev–Trinajstić information content (AvgIpc) is 2.65. The molecule has 0 spiro atoms. The lowest BCUT2D eigenvalue weighted by molar-refractivity contribution is -0.143. The molecule has 158 valence electrons. The number of benzene rings is 2. The number of ether oxygens (including phenoxy) is 1. The Labute approximate surface area is 168 Å². The molecule has 0 unspecified atom stereocenters. The molecule has 4 nitrogen and oxygen atoms in total. The smallest absolute Gasteiger partial charge is 0.416 e. The number of fused-ring (bicyclic) bond motifs is 1. The maximum absolute atomic E-state index is 13.1. The Bertz CT molecular complexity index is 1180. The van der Waals surface area contributed by atoms with E-state index >= 15 is 0 Å². The molecule has 0 atom stereocenters. The van der Waals surface area contributed by atoms with E-state index in [4.69, 9.17) is 0 Å². The van der Waals surface area contributed by atoms with Crippen LogP contribution in [-0.4, -0.2) is 18.2 Å². The summed E-state index contributed by atoms with van der Waals surface area (Å²) >= 11 is 0.565. The Morgan fingerprint density at radius 1 is 0.933 bits per heavy atom. The van der Waals surface area contributed by atoms with Gasteiger partial charge in [-0.25, -0.2) is 4.79 Å². The molecule has 0 bridgehead atoms. The van der Waals surface area contributed by atoms with E-state index < -0.39 is 45.5 Å². The van der Waals surface area contributed by atoms with Gasteiger partial charge in [-0.05, 0) is 41.5 Å². The Balaban J connectivity index is 2.25. The minimum atomic E-state index is -5.01. The van der Waals surface area contributed by atoms with Crippen molar-refractivity contribution in [2.45, 2.75) is 12.4 Å². The van der Waals surface area contributed by atoms with Crippen molar-refractivity contribution in [2.75, 3.05) is 7.11 Å². The van der Waals surface area contributed by atoms with E-state index in [0.29, 0.717) is 23.5 Å². The van der Waals surface area contributed by atoms with Crippen LogP contribution >= 0.6 is 11.3 Å². The summed E-state index contributed by atoms with van der Waals surface area (Å²) in [5.41, 5.74) is -4.87. The predicted octanol–water partition coefficient (Wildman–Crippen LogP) is 5.46. The molecular formula is C19H10F6O4S. The lowest BCUT2D eigenvalue weighted by Gasteiger charge is -2.14. The number of hydrogen-bond acceptors (Lipinski definition) is 5. The van der Waals surface area contributed by atoms with Gasteiger partial charge in [0.25, 0.3) is 0 Å². The standard InChI is InChI=1S/C19H10F6O4S/c1-29-16(27)14-15(26)12-3-2-8(6-13(12)30-17(14)28)9-4-10(18(20,21)22)7-11(5-9)19(23,24)25/h2-7,28H,1H3. The molecule has 0 fully saturated rings. The van der Waals surface area contributed by atoms with Crippen molar-refractivity contribution >= 4 is 27.4 Å². The monoisotopic (exact) mass is 448 g/mol. The highest BCUT2D eigenvalue weighted by Gasteiger charge is 2.37. The third-order valence-electron chi connectivity index (χ3n) is 4.18. The maximum Gasteiger partial charge on any atom is 0.416 e. The van der Waals surface area contributed by atoms with Crippen molar-refractivity contribution in [3.05, 3.63) is 63.3 Å². The SMILES string of the molecule is COC(=O)c1c(O)sc2cc(-c3cc(C(F)(F)F)cc(C(F)(F)F)c3)ccc2c1=O. The van der Waals surface area contributed by atoms with E-state index in [2.05, 4.69) is 4.74 Å². The molecule has 1 N–H and O–H groups in total. The van der Waals surface area contributed by atoms with Gasteiger partial charge in [-0.3, -0.25) is 4.79 Å². The Hall–Kier alpha value is -3.08. The fourth-order valence-electron chi connectivity index (χ4n) is 2.76. The zero-order valence-electron chi connectivity index (χ0n) is 14.8. The van der Waals surface area contributed by atoms with Gasteiger partial charge in [0.2, 0.25) is 5.43 Å². The van der Waals surface area contributed by atoms with Crippen LogP contribution in [0.15, 0.2) is 41.2 Å². The van der Waals surface area contributed by atoms with Crippen molar-refractivity contribution in [1.29, 1.82) is 0 Å². The van der Waals surface area contributed by atoms with Crippen LogP contribution in [-0.2, 0) is 17.1 Å². The van der Waals surface area contributed by atoms with Crippen LogP contribution in [0.4, 0.5) is 26.3 Å². The topological polar surface area (TPSA) is 63.6 Å². The van der Waals surface area contributed by atoms with Gasteiger partial charge < -0.3 is 9.84 Å². The number of methoxy groups -OCH3 is 1. The van der Waals surface area contributed by atoms with Crippen LogP contribution in [0.2, 0.25) is 0 Å². The largest absolute Gasteiger partial charge is 0.499 e. The Kier molecular flexibility index (Phi) is 5.27. The number of esters is 1. The summed E-state index contributed by atoms with van der Waals surface area (Å²) in [7, 11) is 1.01. The number of halogens is 6. The third-order valence-corrected chi connectivity index (χ3v) is 5.14. The molecule has 0 aliphatic carbocycles. The van der Waals surface area contributed by atoms with Crippen molar-refractivity contribution in [1.82, 2.24) is 0 Å². The summed E-state index contributed by atoms with van der Waals surface area (Å²) in [6.45, 7) is 0. The third kappa shape index (κ3) is 3.97. The maximum atomic E-state index is 13.1. The van der Waals surface area contributed by atoms with E-state index in [9.17, 15) is 41.0 Å². The summed E-state index contributed by atoms with van der Waals surface area (Å²) in [4.78, 5) is 24.1. The molecular weight excluding hydrogens is 438 g/mol. The van der Waals surface area contributed by atoms with Crippen molar-refractivity contribution < 1.29 is 41.0 Å². The van der Waals surface area contributed by atoms with Gasteiger partial charge in [-0.15, -0.1) is 0 Å². The second-order valence-electron chi connectivity index (χ2n) is 6.11. The van der Waals surface area contributed by atoms with Crippen LogP contribution in [0.25, 0.3) is 21.2 Å². The summed E-state index contributed by atoms with van der Waals surface area (Å²) in [6, 6.07) is 4.60. The van der Waals surface area contributed by atoms with Gasteiger partial charge in [-0.2, -0.15) is 26.3 Å². The number of rotatable bonds is 2. The van der Waals surface area contributed by atoms with Crippen LogP contribution < -0.4 is 5.43 Å². The minimum Gasteiger partial charge on any atom is -0.499 e. The lowest BCUT2D eigenvalue weighted by atomic mass is 9.98. The van der Waals surface area contributed by atoms with Crippen LogP contribution in [0.3, 0.4) is 0 Å². The first-order valence-corrected chi connectivity index (χ1v) is 8.82. The van der Waals surface area contributed by atoms with E-state index in [1.165, 1.54) is 0 Å². The molecule has 2 aromatic carbocycles. The van der Waals surface area contributed by atoms with E-state index in [0.717, 1.165) is 25.3 Å². The fraction of sp³-hybridized carbons (Fsp3) is 0.158. The summed E-state index contributed by atoms with van der Waals surface area (Å²) in [5, 5.41) is 9.24. The average molecular weight is 448 g/mol. The lowest BCUT2D eigenvalue weighted by Crippen LogP contribution is -2.15. The van der Waals surface area contributed by atoms with Gasteiger partial charge in [0.1, 0.15) is 0 Å². The van der Waals surface area contributed by atoms with Crippen LogP contribution in [0.1, 0.15) is 21.5 Å². The van der Waals surface area contributed by atoms with Gasteiger partial charge in [0.15, 0.2) is 10.6 Å². The number of alkyl halides is 6. The first kappa shape index (κ1) is 21.6. The van der Waals surface area contributed by atoms with Gasteiger partial charge in [0, 0.05) is 10.1 Å². The van der Waals surface area contributed by atoms with Crippen molar-refractivity contribution in [3.8, 4) is 16.2 Å². The zero-order chi connectivity index (χ0) is 22.4. The van der Waals surface area contributed by atoms with E-state index in [1.54, 1.807) is 0 Å². The van der Waals surface area contributed by atoms with Gasteiger partial charge in [-0.1, -0.05) is 17.4 Å². The second-order valence-corrected chi connectivity index (χ2v) is 7.14. The highest BCUT2D eigenvalue weighted by molar-refractivity contribution is 7.20. The number of carbonyl (C=O) groups excluding carboxylic acids is 1. The predicted molar refractivity (Wildman–Crippen MR) is 96.5 cm³/mol. The van der Waals surface area contributed by atoms with Gasteiger partial charge in [0.05, 0.1) is 18.2 Å². The number of aromatic hydroxyl groups is 1. The molecule has 0 saturated heterocycles. The molecule has 1 heterocycles. The molecule has 0 aliphatic rings. The highest BCUT2D eigenvalue weighted by atomic mass is 32.1. The van der Waals surface area contributed by atoms with Gasteiger partial charge >= 0.3 is 18.3 Å². The zero-order valence-corrected chi connectivity index (χ0v) is 15.6. The first-order chi connectivity index (χ1) is 13.8. The number of carbonyl (C=O) groups is 1. The molecule has 3 aromatic rings. The van der Waals surface area contributed by atoms with E-state index in [-0.39, 0.29) is 27.3 Å². The molecule has 0 amide bonds.